The third-order valence-electron chi connectivity index (χ3n) is 6.31. The van der Waals surface area contributed by atoms with E-state index in [1.165, 1.54) is 34.5 Å². The summed E-state index contributed by atoms with van der Waals surface area (Å²) < 4.78 is 101. The van der Waals surface area contributed by atoms with E-state index in [-0.39, 0.29) is 47.3 Å². The fourth-order valence-corrected chi connectivity index (χ4v) is 7.48. The minimum absolute atomic E-state index is 0.0353. The molecule has 0 aliphatic carbocycles. The molecule has 2 saturated heterocycles. The van der Waals surface area contributed by atoms with Crippen LogP contribution in [0.2, 0.25) is 0 Å². The van der Waals surface area contributed by atoms with Gasteiger partial charge in [-0.1, -0.05) is 0 Å². The molecule has 15 heteroatoms. The Labute approximate surface area is 218 Å². The van der Waals surface area contributed by atoms with Gasteiger partial charge in [0.15, 0.2) is 0 Å². The zero-order chi connectivity index (χ0) is 27.7. The Morgan fingerprint density at radius 1 is 0.816 bits per heavy atom. The van der Waals surface area contributed by atoms with Gasteiger partial charge in [-0.15, -0.1) is 13.2 Å². The lowest BCUT2D eigenvalue weighted by Crippen LogP contribution is -2.50. The fraction of sp³-hybridized carbons (Fsp3) is 0.435. The van der Waals surface area contributed by atoms with Gasteiger partial charge < -0.3 is 14.4 Å². The number of ether oxygens (including phenoxy) is 2. The molecule has 38 heavy (non-hydrogen) atoms. The third kappa shape index (κ3) is 5.90. The van der Waals surface area contributed by atoms with Crippen molar-refractivity contribution in [2.75, 3.05) is 46.4 Å². The van der Waals surface area contributed by atoms with Gasteiger partial charge >= 0.3 is 6.36 Å². The average Bonchev–Trinajstić information content (AvgIpc) is 3.43. The number of amides is 1. The fourth-order valence-electron chi connectivity index (χ4n) is 4.36. The summed E-state index contributed by atoms with van der Waals surface area (Å²) in [5.41, 5.74) is 0.125. The van der Waals surface area contributed by atoms with Gasteiger partial charge in [-0.2, -0.15) is 8.61 Å². The summed E-state index contributed by atoms with van der Waals surface area (Å²) >= 11 is 0. The highest BCUT2D eigenvalue weighted by Crippen LogP contribution is 2.31. The second kappa shape index (κ2) is 10.7. The molecule has 2 aliphatic rings. The van der Waals surface area contributed by atoms with Crippen LogP contribution >= 0.6 is 0 Å². The van der Waals surface area contributed by atoms with Crippen molar-refractivity contribution in [3.05, 3.63) is 48.0 Å². The molecular formula is C23H26F3N3O7S2. The monoisotopic (exact) mass is 577 g/mol. The van der Waals surface area contributed by atoms with Crippen LogP contribution in [-0.2, 0) is 20.0 Å². The second-order valence-electron chi connectivity index (χ2n) is 8.69. The predicted octanol–water partition coefficient (Wildman–Crippen LogP) is 2.53. The summed E-state index contributed by atoms with van der Waals surface area (Å²) in [7, 11) is -6.54. The molecule has 2 fully saturated rings. The van der Waals surface area contributed by atoms with Crippen molar-refractivity contribution in [2.45, 2.75) is 29.0 Å². The number of carbonyl (C=O) groups is 1. The Hall–Kier alpha value is -2.88. The summed E-state index contributed by atoms with van der Waals surface area (Å²) in [5, 5.41) is 0. The van der Waals surface area contributed by atoms with Crippen molar-refractivity contribution in [2.24, 2.45) is 0 Å². The molecule has 2 aromatic rings. The molecule has 2 heterocycles. The van der Waals surface area contributed by atoms with Crippen LogP contribution in [0.25, 0.3) is 0 Å². The van der Waals surface area contributed by atoms with Crippen LogP contribution in [-0.4, -0.2) is 89.0 Å². The molecule has 0 atom stereocenters. The molecule has 0 N–H and O–H groups in total. The van der Waals surface area contributed by atoms with Gasteiger partial charge in [-0.25, -0.2) is 16.8 Å². The van der Waals surface area contributed by atoms with Crippen LogP contribution in [0, 0.1) is 0 Å². The van der Waals surface area contributed by atoms with E-state index in [9.17, 15) is 34.8 Å². The summed E-state index contributed by atoms with van der Waals surface area (Å²) in [6, 6.07) is 8.03. The molecule has 208 valence electrons. The molecule has 4 rings (SSSR count). The normalized spacial score (nSPS) is 17.9. The smallest absolute Gasteiger partial charge is 0.495 e. The first kappa shape index (κ1) is 28.1. The highest BCUT2D eigenvalue weighted by molar-refractivity contribution is 7.89. The molecule has 0 radical (unpaired) electrons. The summed E-state index contributed by atoms with van der Waals surface area (Å²) in [6.07, 6.45) is -3.40. The van der Waals surface area contributed by atoms with E-state index >= 15 is 0 Å². The number of halogens is 3. The maximum Gasteiger partial charge on any atom is 0.573 e. The lowest BCUT2D eigenvalue weighted by Gasteiger charge is -2.34. The number of nitrogens with zero attached hydrogens (tertiary/aromatic N) is 3. The largest absolute Gasteiger partial charge is 0.573 e. The van der Waals surface area contributed by atoms with E-state index in [0.29, 0.717) is 13.1 Å². The molecule has 10 nitrogen and oxygen atoms in total. The molecule has 2 aromatic carbocycles. The number of carbonyl (C=O) groups excluding carboxylic acids is 1. The van der Waals surface area contributed by atoms with Crippen molar-refractivity contribution in [1.82, 2.24) is 13.5 Å². The molecule has 0 saturated carbocycles. The van der Waals surface area contributed by atoms with E-state index in [1.54, 1.807) is 0 Å². The predicted molar refractivity (Wildman–Crippen MR) is 129 cm³/mol. The highest BCUT2D eigenvalue weighted by Gasteiger charge is 2.34. The van der Waals surface area contributed by atoms with E-state index in [2.05, 4.69) is 4.74 Å². The van der Waals surface area contributed by atoms with E-state index < -0.39 is 38.1 Å². The number of rotatable bonds is 7. The molecule has 0 bridgehead atoms. The molecule has 0 unspecified atom stereocenters. The van der Waals surface area contributed by atoms with Crippen LogP contribution in [0.1, 0.15) is 23.2 Å². The van der Waals surface area contributed by atoms with Crippen LogP contribution in [0.4, 0.5) is 13.2 Å². The first-order valence-corrected chi connectivity index (χ1v) is 14.5. The average molecular weight is 578 g/mol. The lowest BCUT2D eigenvalue weighted by molar-refractivity contribution is -0.274. The quantitative estimate of drug-likeness (QED) is 0.497. The number of benzene rings is 2. The Kier molecular flexibility index (Phi) is 7.93. The van der Waals surface area contributed by atoms with Gasteiger partial charge in [0.05, 0.1) is 12.0 Å². The second-order valence-corrected chi connectivity index (χ2v) is 12.5. The van der Waals surface area contributed by atoms with Gasteiger partial charge in [0, 0.05) is 44.8 Å². The SMILES string of the molecule is COc1ccc(C(=O)N2CCN(S(=O)(=O)c3ccc(OC(F)(F)F)cc3)CC2)cc1S(=O)(=O)N1CCCC1. The minimum Gasteiger partial charge on any atom is -0.495 e. The topological polar surface area (TPSA) is 114 Å². The zero-order valence-electron chi connectivity index (χ0n) is 20.3. The van der Waals surface area contributed by atoms with Crippen molar-refractivity contribution < 1.29 is 44.3 Å². The van der Waals surface area contributed by atoms with E-state index in [4.69, 9.17) is 4.74 Å². The Morgan fingerprint density at radius 2 is 1.39 bits per heavy atom. The molecule has 0 aromatic heterocycles. The van der Waals surface area contributed by atoms with E-state index in [1.807, 2.05) is 0 Å². The van der Waals surface area contributed by atoms with Crippen molar-refractivity contribution in [3.63, 3.8) is 0 Å². The van der Waals surface area contributed by atoms with Crippen LogP contribution in [0.5, 0.6) is 11.5 Å². The summed E-state index contributed by atoms with van der Waals surface area (Å²) in [5.74, 6) is -0.885. The summed E-state index contributed by atoms with van der Waals surface area (Å²) in [4.78, 5) is 14.3. The third-order valence-corrected chi connectivity index (χ3v) is 10.1. The maximum atomic E-state index is 13.2. The zero-order valence-corrected chi connectivity index (χ0v) is 22.0. The first-order chi connectivity index (χ1) is 17.8. The number of hydrogen-bond donors (Lipinski definition) is 0. The lowest BCUT2D eigenvalue weighted by atomic mass is 10.1. The Bertz CT molecular complexity index is 1380. The van der Waals surface area contributed by atoms with Crippen LogP contribution in [0.15, 0.2) is 52.3 Å². The Morgan fingerprint density at radius 3 is 1.95 bits per heavy atom. The van der Waals surface area contributed by atoms with E-state index in [0.717, 1.165) is 41.4 Å². The molecular weight excluding hydrogens is 551 g/mol. The van der Waals surface area contributed by atoms with Crippen molar-refractivity contribution in [1.29, 1.82) is 0 Å². The summed E-state index contributed by atoms with van der Waals surface area (Å²) in [6.45, 7) is 0.741. The number of sulfonamides is 2. The van der Waals surface area contributed by atoms with Crippen LogP contribution < -0.4 is 9.47 Å². The number of piperazine rings is 1. The Balaban J connectivity index is 1.46. The highest BCUT2D eigenvalue weighted by atomic mass is 32.2. The van der Waals surface area contributed by atoms with Gasteiger partial charge in [0.2, 0.25) is 20.0 Å². The molecule has 1 amide bonds. The molecule has 0 spiro atoms. The first-order valence-electron chi connectivity index (χ1n) is 11.7. The van der Waals surface area contributed by atoms with Crippen LogP contribution in [0.3, 0.4) is 0 Å². The van der Waals surface area contributed by atoms with Gasteiger partial charge in [-0.3, -0.25) is 4.79 Å². The van der Waals surface area contributed by atoms with Gasteiger partial charge in [0.25, 0.3) is 5.91 Å². The standard InChI is InChI=1S/C23H26F3N3O7S2/c1-35-20-9-4-17(16-21(20)38(33,34)28-10-2-3-11-28)22(30)27-12-14-29(15-13-27)37(31,32)19-7-5-18(6-8-19)36-23(24,25)26/h4-9,16H,2-3,10-15H2,1H3. The minimum atomic E-state index is -4.90. The van der Waals surface area contributed by atoms with Crippen molar-refractivity contribution >= 4 is 26.0 Å². The van der Waals surface area contributed by atoms with Gasteiger partial charge in [0.1, 0.15) is 16.4 Å². The maximum absolute atomic E-state index is 13.2. The number of alkyl halides is 3. The number of methoxy groups -OCH3 is 1. The van der Waals surface area contributed by atoms with Crippen molar-refractivity contribution in [3.8, 4) is 11.5 Å². The molecule has 2 aliphatic heterocycles. The number of hydrogen-bond acceptors (Lipinski definition) is 7. The van der Waals surface area contributed by atoms with Gasteiger partial charge in [-0.05, 0) is 55.3 Å².